The fraction of sp³-hybridized carbons (Fsp3) is 0.304. The van der Waals surface area contributed by atoms with Crippen molar-refractivity contribution in [1.29, 1.82) is 0 Å². The van der Waals surface area contributed by atoms with Crippen LogP contribution in [0.15, 0.2) is 54.6 Å². The molecule has 0 unspecified atom stereocenters. The van der Waals surface area contributed by atoms with E-state index in [-0.39, 0.29) is 5.91 Å². The van der Waals surface area contributed by atoms with Gasteiger partial charge in [0.1, 0.15) is 5.75 Å². The van der Waals surface area contributed by atoms with E-state index in [1.165, 1.54) is 12.8 Å². The van der Waals surface area contributed by atoms with Gasteiger partial charge < -0.3 is 9.64 Å². The molecule has 0 aliphatic carbocycles. The van der Waals surface area contributed by atoms with Gasteiger partial charge in [-0.15, -0.1) is 0 Å². The minimum Gasteiger partial charge on any atom is -0.497 e. The Morgan fingerprint density at radius 3 is 2.52 bits per heavy atom. The van der Waals surface area contributed by atoms with Crippen LogP contribution in [0.1, 0.15) is 36.0 Å². The predicted molar refractivity (Wildman–Crippen MR) is 108 cm³/mol. The highest BCUT2D eigenvalue weighted by Crippen LogP contribution is 2.28. The molecule has 0 spiro atoms. The molecule has 0 N–H and O–H groups in total. The number of benzene rings is 2. The molecule has 0 atom stereocenters. The first-order valence-electron chi connectivity index (χ1n) is 9.60. The SMILES string of the molecule is COc1cccc(-c2cc(C(=O)N3CCCCCC3)c3ccccc3n2)c1. The Morgan fingerprint density at radius 1 is 0.963 bits per heavy atom. The molecule has 2 aromatic carbocycles. The Balaban J connectivity index is 1.82. The zero-order valence-corrected chi connectivity index (χ0v) is 15.6. The lowest BCUT2D eigenvalue weighted by atomic mass is 10.0. The Hall–Kier alpha value is -2.88. The van der Waals surface area contributed by atoms with Crippen molar-refractivity contribution < 1.29 is 9.53 Å². The molecule has 1 aliphatic heterocycles. The lowest BCUT2D eigenvalue weighted by Gasteiger charge is -2.21. The number of hydrogen-bond donors (Lipinski definition) is 0. The smallest absolute Gasteiger partial charge is 0.254 e. The van der Waals surface area contributed by atoms with Crippen LogP contribution in [0.3, 0.4) is 0 Å². The van der Waals surface area contributed by atoms with Gasteiger partial charge in [-0.3, -0.25) is 4.79 Å². The second kappa shape index (κ2) is 7.78. The number of carbonyl (C=O) groups excluding carboxylic acids is 1. The second-order valence-corrected chi connectivity index (χ2v) is 7.01. The molecule has 0 radical (unpaired) electrons. The average molecular weight is 360 g/mol. The molecule has 4 nitrogen and oxygen atoms in total. The molecule has 0 bridgehead atoms. The topological polar surface area (TPSA) is 42.4 Å². The van der Waals surface area contributed by atoms with Gasteiger partial charge >= 0.3 is 0 Å². The second-order valence-electron chi connectivity index (χ2n) is 7.01. The standard InChI is InChI=1S/C23H24N2O2/c1-27-18-10-8-9-17(15-18)22-16-20(19-11-4-5-12-21(19)24-22)23(26)25-13-6-2-3-7-14-25/h4-5,8-12,15-16H,2-3,6-7,13-14H2,1H3. The Kier molecular flexibility index (Phi) is 5.05. The number of hydrogen-bond acceptors (Lipinski definition) is 3. The van der Waals surface area contributed by atoms with E-state index in [0.29, 0.717) is 0 Å². The van der Waals surface area contributed by atoms with Crippen molar-refractivity contribution in [1.82, 2.24) is 9.88 Å². The molecular weight excluding hydrogens is 336 g/mol. The Bertz CT molecular complexity index is 960. The van der Waals surface area contributed by atoms with Gasteiger partial charge in [0.05, 0.1) is 23.9 Å². The molecule has 4 rings (SSSR count). The Morgan fingerprint density at radius 2 is 1.74 bits per heavy atom. The van der Waals surface area contributed by atoms with Crippen molar-refractivity contribution >= 4 is 16.8 Å². The molecule has 27 heavy (non-hydrogen) atoms. The van der Waals surface area contributed by atoms with Gasteiger partial charge in [0, 0.05) is 24.0 Å². The van der Waals surface area contributed by atoms with Crippen molar-refractivity contribution in [3.05, 3.63) is 60.2 Å². The fourth-order valence-electron chi connectivity index (χ4n) is 3.73. The molecule has 0 saturated carbocycles. The van der Waals surface area contributed by atoms with Gasteiger partial charge in [-0.1, -0.05) is 43.2 Å². The maximum atomic E-state index is 13.3. The quantitative estimate of drug-likeness (QED) is 0.665. The van der Waals surface area contributed by atoms with Crippen molar-refractivity contribution in [2.75, 3.05) is 20.2 Å². The number of aromatic nitrogens is 1. The summed E-state index contributed by atoms with van der Waals surface area (Å²) < 4.78 is 5.35. The van der Waals surface area contributed by atoms with Crippen LogP contribution in [-0.4, -0.2) is 36.0 Å². The largest absolute Gasteiger partial charge is 0.497 e. The van der Waals surface area contributed by atoms with E-state index < -0.39 is 0 Å². The van der Waals surface area contributed by atoms with Gasteiger partial charge in [0.15, 0.2) is 0 Å². The van der Waals surface area contributed by atoms with Crippen molar-refractivity contribution in [3.63, 3.8) is 0 Å². The molecule has 3 aromatic rings. The zero-order valence-electron chi connectivity index (χ0n) is 15.6. The van der Waals surface area contributed by atoms with E-state index in [0.717, 1.165) is 59.4 Å². The predicted octanol–water partition coefficient (Wildman–Crippen LogP) is 4.93. The highest BCUT2D eigenvalue weighted by Gasteiger charge is 2.21. The fourth-order valence-corrected chi connectivity index (χ4v) is 3.73. The highest BCUT2D eigenvalue weighted by molar-refractivity contribution is 6.07. The molecule has 1 fully saturated rings. The third-order valence-corrected chi connectivity index (χ3v) is 5.21. The number of amides is 1. The normalized spacial score (nSPS) is 14.8. The monoisotopic (exact) mass is 360 g/mol. The van der Waals surface area contributed by atoms with Gasteiger partial charge in [0.2, 0.25) is 0 Å². The number of nitrogens with zero attached hydrogens (tertiary/aromatic N) is 2. The summed E-state index contributed by atoms with van der Waals surface area (Å²) in [6.07, 6.45) is 4.57. The van der Waals surface area contributed by atoms with Crippen molar-refractivity contribution in [2.24, 2.45) is 0 Å². The van der Waals surface area contributed by atoms with Crippen LogP contribution in [0.5, 0.6) is 5.75 Å². The van der Waals surface area contributed by atoms with Crippen LogP contribution in [-0.2, 0) is 0 Å². The van der Waals surface area contributed by atoms with Crippen LogP contribution in [0.25, 0.3) is 22.2 Å². The third-order valence-electron chi connectivity index (χ3n) is 5.21. The first-order valence-corrected chi connectivity index (χ1v) is 9.60. The summed E-state index contributed by atoms with van der Waals surface area (Å²) >= 11 is 0. The number of likely N-dealkylation sites (tertiary alicyclic amines) is 1. The Labute approximate surface area is 159 Å². The maximum absolute atomic E-state index is 13.3. The summed E-state index contributed by atoms with van der Waals surface area (Å²) in [4.78, 5) is 20.2. The van der Waals surface area contributed by atoms with Crippen LogP contribution in [0, 0.1) is 0 Å². The molecule has 1 saturated heterocycles. The summed E-state index contributed by atoms with van der Waals surface area (Å²) in [5, 5.41) is 0.915. The van der Waals surface area contributed by atoms with E-state index in [1.807, 2.05) is 59.5 Å². The third kappa shape index (κ3) is 3.65. The molecule has 4 heteroatoms. The van der Waals surface area contributed by atoms with Crippen LogP contribution in [0.2, 0.25) is 0 Å². The first kappa shape index (κ1) is 17.5. The van der Waals surface area contributed by atoms with E-state index in [9.17, 15) is 4.79 Å². The maximum Gasteiger partial charge on any atom is 0.254 e. The van der Waals surface area contributed by atoms with Crippen LogP contribution < -0.4 is 4.74 Å². The number of fused-ring (bicyclic) bond motifs is 1. The van der Waals surface area contributed by atoms with Crippen molar-refractivity contribution in [2.45, 2.75) is 25.7 Å². The number of ether oxygens (including phenoxy) is 1. The van der Waals surface area contributed by atoms with E-state index >= 15 is 0 Å². The number of methoxy groups -OCH3 is 1. The molecule has 1 amide bonds. The van der Waals surface area contributed by atoms with E-state index in [4.69, 9.17) is 9.72 Å². The molecular formula is C23H24N2O2. The lowest BCUT2D eigenvalue weighted by molar-refractivity contribution is 0.0763. The number of rotatable bonds is 3. The summed E-state index contributed by atoms with van der Waals surface area (Å²) in [6.45, 7) is 1.67. The highest BCUT2D eigenvalue weighted by atomic mass is 16.5. The summed E-state index contributed by atoms with van der Waals surface area (Å²) in [7, 11) is 1.65. The van der Waals surface area contributed by atoms with Crippen LogP contribution >= 0.6 is 0 Å². The first-order chi connectivity index (χ1) is 13.3. The van der Waals surface area contributed by atoms with E-state index in [2.05, 4.69) is 0 Å². The molecule has 2 heterocycles. The molecule has 1 aromatic heterocycles. The van der Waals surface area contributed by atoms with Gasteiger partial charge in [-0.25, -0.2) is 4.98 Å². The molecule has 138 valence electrons. The molecule has 1 aliphatic rings. The summed E-state index contributed by atoms with van der Waals surface area (Å²) in [6, 6.07) is 17.6. The number of pyridine rings is 1. The van der Waals surface area contributed by atoms with Gasteiger partial charge in [-0.2, -0.15) is 0 Å². The minimum atomic E-state index is 0.111. The van der Waals surface area contributed by atoms with Gasteiger partial charge in [0.25, 0.3) is 5.91 Å². The number of carbonyl (C=O) groups is 1. The number of para-hydroxylation sites is 1. The van der Waals surface area contributed by atoms with E-state index in [1.54, 1.807) is 7.11 Å². The average Bonchev–Trinajstić information content (AvgIpc) is 3.02. The van der Waals surface area contributed by atoms with Crippen LogP contribution in [0.4, 0.5) is 0 Å². The van der Waals surface area contributed by atoms with Crippen molar-refractivity contribution in [3.8, 4) is 17.0 Å². The van der Waals surface area contributed by atoms with Gasteiger partial charge in [-0.05, 0) is 37.1 Å². The summed E-state index contributed by atoms with van der Waals surface area (Å²) in [5.74, 6) is 0.891. The minimum absolute atomic E-state index is 0.111. The lowest BCUT2D eigenvalue weighted by Crippen LogP contribution is -2.32. The summed E-state index contributed by atoms with van der Waals surface area (Å²) in [5.41, 5.74) is 3.33. The zero-order chi connectivity index (χ0) is 18.6.